The fourth-order valence-electron chi connectivity index (χ4n) is 1.85. The first kappa shape index (κ1) is 14.2. The molecule has 0 bridgehead atoms. The Labute approximate surface area is 106 Å². The van der Waals surface area contributed by atoms with Gasteiger partial charge in [0.2, 0.25) is 0 Å². The number of benzene rings is 1. The van der Waals surface area contributed by atoms with Gasteiger partial charge in [0.05, 0.1) is 0 Å². The molecule has 1 aromatic carbocycles. The van der Waals surface area contributed by atoms with Gasteiger partial charge in [-0.15, -0.1) is 0 Å². The highest BCUT2D eigenvalue weighted by Crippen LogP contribution is 2.08. The zero-order chi connectivity index (χ0) is 12.5. The van der Waals surface area contributed by atoms with Crippen LogP contribution in [0.2, 0.25) is 0 Å². The smallest absolute Gasteiger partial charge is 0.0104 e. The highest BCUT2D eigenvalue weighted by molar-refractivity contribution is 5.25. The lowest BCUT2D eigenvalue weighted by molar-refractivity contribution is 0.349. The quantitative estimate of drug-likeness (QED) is 0.695. The average Bonchev–Trinajstić information content (AvgIpc) is 2.35. The summed E-state index contributed by atoms with van der Waals surface area (Å²) < 4.78 is 0. The maximum Gasteiger partial charge on any atom is 0.0104 e. The third-order valence-electron chi connectivity index (χ3n) is 3.27. The van der Waals surface area contributed by atoms with E-state index < -0.39 is 0 Å². The number of nitrogens with zero attached hydrogens (tertiary/aromatic N) is 1. The van der Waals surface area contributed by atoms with Crippen LogP contribution < -0.4 is 5.32 Å². The molecule has 0 aliphatic heterocycles. The van der Waals surface area contributed by atoms with E-state index in [0.29, 0.717) is 0 Å². The molecule has 0 aliphatic rings. The van der Waals surface area contributed by atoms with E-state index in [4.69, 9.17) is 0 Å². The maximum absolute atomic E-state index is 3.50. The molecule has 0 saturated heterocycles. The number of aryl methyl sites for hydroxylation is 2. The molecule has 2 heteroatoms. The monoisotopic (exact) mass is 234 g/mol. The molecule has 0 spiro atoms. The van der Waals surface area contributed by atoms with Crippen molar-refractivity contribution in [2.45, 2.75) is 26.7 Å². The van der Waals surface area contributed by atoms with E-state index in [0.717, 1.165) is 26.2 Å². The summed E-state index contributed by atoms with van der Waals surface area (Å²) in [5, 5.41) is 3.50. The van der Waals surface area contributed by atoms with Gasteiger partial charge < -0.3 is 10.2 Å². The summed E-state index contributed by atoms with van der Waals surface area (Å²) in [4.78, 5) is 2.33. The molecule has 0 heterocycles. The molecule has 0 unspecified atom stereocenters. The molecule has 0 atom stereocenters. The Morgan fingerprint density at radius 1 is 1.18 bits per heavy atom. The summed E-state index contributed by atoms with van der Waals surface area (Å²) in [7, 11) is 2.16. The molecule has 1 aromatic rings. The van der Waals surface area contributed by atoms with E-state index in [1.807, 2.05) is 0 Å². The van der Waals surface area contributed by atoms with Gasteiger partial charge >= 0.3 is 0 Å². The Hall–Kier alpha value is -0.860. The first-order valence-corrected chi connectivity index (χ1v) is 6.67. The van der Waals surface area contributed by atoms with Crippen molar-refractivity contribution in [2.75, 3.05) is 33.2 Å². The van der Waals surface area contributed by atoms with E-state index in [1.54, 1.807) is 0 Å². The number of hydrogen-bond acceptors (Lipinski definition) is 2. The molecule has 17 heavy (non-hydrogen) atoms. The normalized spacial score (nSPS) is 11.1. The van der Waals surface area contributed by atoms with Crippen molar-refractivity contribution >= 4 is 0 Å². The minimum Gasteiger partial charge on any atom is -0.315 e. The van der Waals surface area contributed by atoms with Gasteiger partial charge in [0.15, 0.2) is 0 Å². The van der Waals surface area contributed by atoms with Crippen molar-refractivity contribution in [2.24, 2.45) is 0 Å². The first-order chi connectivity index (χ1) is 8.24. The predicted molar refractivity (Wildman–Crippen MR) is 75.5 cm³/mol. The van der Waals surface area contributed by atoms with Crippen LogP contribution in [-0.2, 0) is 6.42 Å². The molecule has 0 amide bonds. The van der Waals surface area contributed by atoms with Gasteiger partial charge in [-0.25, -0.2) is 0 Å². The Kier molecular flexibility index (Phi) is 6.90. The molecule has 1 rings (SSSR count). The van der Waals surface area contributed by atoms with Crippen LogP contribution in [0.4, 0.5) is 0 Å². The first-order valence-electron chi connectivity index (χ1n) is 6.67. The van der Waals surface area contributed by atoms with Crippen LogP contribution in [0.3, 0.4) is 0 Å². The topological polar surface area (TPSA) is 15.3 Å². The molecular formula is C15H26N2. The van der Waals surface area contributed by atoms with Gasteiger partial charge in [0, 0.05) is 13.1 Å². The van der Waals surface area contributed by atoms with Crippen molar-refractivity contribution < 1.29 is 0 Å². The predicted octanol–water partition coefficient (Wildman–Crippen LogP) is 2.47. The summed E-state index contributed by atoms with van der Waals surface area (Å²) in [5.41, 5.74) is 2.90. The standard InChI is InChI=1S/C15H26N2/c1-4-17(3)13-12-16-11-7-10-15-9-6-5-8-14(15)2/h5-6,8-9,16H,4,7,10-13H2,1-3H3. The van der Waals surface area contributed by atoms with E-state index in [9.17, 15) is 0 Å². The molecular weight excluding hydrogens is 208 g/mol. The summed E-state index contributed by atoms with van der Waals surface area (Å²) in [6.07, 6.45) is 2.41. The number of nitrogens with one attached hydrogen (secondary N) is 1. The largest absolute Gasteiger partial charge is 0.315 e. The highest BCUT2D eigenvalue weighted by atomic mass is 15.1. The average molecular weight is 234 g/mol. The van der Waals surface area contributed by atoms with Crippen LogP contribution >= 0.6 is 0 Å². The third kappa shape index (κ3) is 5.85. The van der Waals surface area contributed by atoms with Crippen molar-refractivity contribution in [3.63, 3.8) is 0 Å². The van der Waals surface area contributed by atoms with E-state index in [1.165, 1.54) is 24.0 Å². The Morgan fingerprint density at radius 2 is 1.94 bits per heavy atom. The zero-order valence-corrected chi connectivity index (χ0v) is 11.5. The van der Waals surface area contributed by atoms with Gasteiger partial charge in [-0.3, -0.25) is 0 Å². The molecule has 0 aliphatic carbocycles. The molecule has 0 fully saturated rings. The Morgan fingerprint density at radius 3 is 2.65 bits per heavy atom. The third-order valence-corrected chi connectivity index (χ3v) is 3.27. The van der Waals surface area contributed by atoms with Crippen molar-refractivity contribution in [1.29, 1.82) is 0 Å². The molecule has 0 saturated carbocycles. The van der Waals surface area contributed by atoms with Crippen LogP contribution in [0.25, 0.3) is 0 Å². The van der Waals surface area contributed by atoms with Gasteiger partial charge in [0.25, 0.3) is 0 Å². The van der Waals surface area contributed by atoms with Crippen LogP contribution in [0.1, 0.15) is 24.5 Å². The van der Waals surface area contributed by atoms with Gasteiger partial charge in [-0.2, -0.15) is 0 Å². The highest BCUT2D eigenvalue weighted by Gasteiger charge is 1.97. The minimum atomic E-state index is 1.10. The second-order valence-electron chi connectivity index (χ2n) is 4.68. The fourth-order valence-corrected chi connectivity index (χ4v) is 1.85. The summed E-state index contributed by atoms with van der Waals surface area (Å²) in [6.45, 7) is 8.87. The Balaban J connectivity index is 2.07. The van der Waals surface area contributed by atoms with Crippen molar-refractivity contribution in [3.8, 4) is 0 Å². The van der Waals surface area contributed by atoms with Gasteiger partial charge in [0.1, 0.15) is 0 Å². The van der Waals surface area contributed by atoms with E-state index in [2.05, 4.69) is 55.4 Å². The number of rotatable bonds is 8. The van der Waals surface area contributed by atoms with Crippen LogP contribution in [-0.4, -0.2) is 38.1 Å². The van der Waals surface area contributed by atoms with Crippen LogP contribution in [0.5, 0.6) is 0 Å². The summed E-state index contributed by atoms with van der Waals surface area (Å²) in [5.74, 6) is 0. The molecule has 1 N–H and O–H groups in total. The van der Waals surface area contributed by atoms with Gasteiger partial charge in [-0.05, 0) is 51.0 Å². The second-order valence-corrected chi connectivity index (χ2v) is 4.68. The second kappa shape index (κ2) is 8.26. The molecule has 0 aromatic heterocycles. The van der Waals surface area contributed by atoms with Crippen molar-refractivity contribution in [1.82, 2.24) is 10.2 Å². The van der Waals surface area contributed by atoms with Crippen molar-refractivity contribution in [3.05, 3.63) is 35.4 Å². The number of likely N-dealkylation sites (N-methyl/N-ethyl adjacent to an activating group) is 1. The lowest BCUT2D eigenvalue weighted by Crippen LogP contribution is -2.29. The zero-order valence-electron chi connectivity index (χ0n) is 11.5. The summed E-state index contributed by atoms with van der Waals surface area (Å²) in [6, 6.07) is 8.67. The Bertz CT molecular complexity index is 310. The van der Waals surface area contributed by atoms with Crippen LogP contribution in [0.15, 0.2) is 24.3 Å². The summed E-state index contributed by atoms with van der Waals surface area (Å²) >= 11 is 0. The fraction of sp³-hybridized carbons (Fsp3) is 0.600. The van der Waals surface area contributed by atoms with Gasteiger partial charge in [-0.1, -0.05) is 31.2 Å². The van der Waals surface area contributed by atoms with Crippen LogP contribution in [0, 0.1) is 6.92 Å². The van der Waals surface area contributed by atoms with E-state index >= 15 is 0 Å². The lowest BCUT2D eigenvalue weighted by atomic mass is 10.0. The minimum absolute atomic E-state index is 1.10. The molecule has 0 radical (unpaired) electrons. The SMILES string of the molecule is CCN(C)CCNCCCc1ccccc1C. The lowest BCUT2D eigenvalue weighted by Gasteiger charge is -2.14. The molecule has 2 nitrogen and oxygen atoms in total. The molecule has 96 valence electrons. The maximum atomic E-state index is 3.50. The number of hydrogen-bond donors (Lipinski definition) is 1. The van der Waals surface area contributed by atoms with E-state index in [-0.39, 0.29) is 0 Å².